The summed E-state index contributed by atoms with van der Waals surface area (Å²) in [7, 11) is 0. The van der Waals surface area contributed by atoms with Gasteiger partial charge in [0.15, 0.2) is 0 Å². The van der Waals surface area contributed by atoms with Crippen LogP contribution in [0.3, 0.4) is 0 Å². The minimum atomic E-state index is 0.186. The van der Waals surface area contributed by atoms with Crippen molar-refractivity contribution >= 4 is 11.8 Å². The number of thioether (sulfide) groups is 1. The van der Waals surface area contributed by atoms with Gasteiger partial charge in [-0.2, -0.15) is 11.8 Å². The molecule has 0 spiro atoms. The van der Waals surface area contributed by atoms with Crippen molar-refractivity contribution < 1.29 is 4.42 Å². The minimum Gasteiger partial charge on any atom is -0.469 e. The van der Waals surface area contributed by atoms with Gasteiger partial charge >= 0.3 is 0 Å². The maximum absolute atomic E-state index is 5.99. The SMILES string of the molecule is CC(C)(C)SCC(N)Cc1ccco1. The van der Waals surface area contributed by atoms with E-state index in [9.17, 15) is 0 Å². The van der Waals surface area contributed by atoms with E-state index in [0.29, 0.717) is 4.75 Å². The topological polar surface area (TPSA) is 39.2 Å². The molecule has 1 rings (SSSR count). The smallest absolute Gasteiger partial charge is 0.105 e. The van der Waals surface area contributed by atoms with E-state index in [0.717, 1.165) is 17.9 Å². The lowest BCUT2D eigenvalue weighted by atomic mass is 10.2. The van der Waals surface area contributed by atoms with Gasteiger partial charge in [-0.3, -0.25) is 0 Å². The van der Waals surface area contributed by atoms with E-state index in [1.54, 1.807) is 6.26 Å². The summed E-state index contributed by atoms with van der Waals surface area (Å²) in [5.74, 6) is 1.96. The number of hydrogen-bond acceptors (Lipinski definition) is 3. The fraction of sp³-hybridized carbons (Fsp3) is 0.636. The van der Waals surface area contributed by atoms with Crippen molar-refractivity contribution in [2.75, 3.05) is 5.75 Å². The molecule has 14 heavy (non-hydrogen) atoms. The molecule has 0 aromatic carbocycles. The van der Waals surface area contributed by atoms with Gasteiger partial charge in [0.25, 0.3) is 0 Å². The van der Waals surface area contributed by atoms with E-state index >= 15 is 0 Å². The van der Waals surface area contributed by atoms with E-state index in [2.05, 4.69) is 20.8 Å². The van der Waals surface area contributed by atoms with Gasteiger partial charge in [0.1, 0.15) is 5.76 Å². The van der Waals surface area contributed by atoms with Gasteiger partial charge in [0.05, 0.1) is 6.26 Å². The molecule has 80 valence electrons. The van der Waals surface area contributed by atoms with E-state index in [-0.39, 0.29) is 6.04 Å². The van der Waals surface area contributed by atoms with Crippen LogP contribution in [0.5, 0.6) is 0 Å². The summed E-state index contributed by atoms with van der Waals surface area (Å²) >= 11 is 1.90. The summed E-state index contributed by atoms with van der Waals surface area (Å²) in [4.78, 5) is 0. The molecule has 1 aromatic heterocycles. The molecule has 0 saturated heterocycles. The molecule has 0 aliphatic heterocycles. The molecule has 2 N–H and O–H groups in total. The van der Waals surface area contributed by atoms with Crippen LogP contribution in [0.4, 0.5) is 0 Å². The Bertz CT molecular complexity index is 251. The molecule has 0 fully saturated rings. The molecular weight excluding hydrogens is 194 g/mol. The zero-order valence-electron chi connectivity index (χ0n) is 9.12. The van der Waals surface area contributed by atoms with Crippen molar-refractivity contribution in [3.8, 4) is 0 Å². The van der Waals surface area contributed by atoms with Crippen LogP contribution in [0, 0.1) is 0 Å². The third-order valence-corrected chi connectivity index (χ3v) is 3.23. The van der Waals surface area contributed by atoms with Crippen LogP contribution in [0.1, 0.15) is 26.5 Å². The highest BCUT2D eigenvalue weighted by atomic mass is 32.2. The highest BCUT2D eigenvalue weighted by Crippen LogP contribution is 2.23. The Morgan fingerprint density at radius 1 is 1.50 bits per heavy atom. The summed E-state index contributed by atoms with van der Waals surface area (Å²) in [5, 5.41) is 0. The highest BCUT2D eigenvalue weighted by molar-refractivity contribution is 8.00. The van der Waals surface area contributed by atoms with Gasteiger partial charge in [0, 0.05) is 23.0 Å². The first kappa shape index (κ1) is 11.7. The van der Waals surface area contributed by atoms with E-state index in [1.807, 2.05) is 23.9 Å². The molecule has 2 nitrogen and oxygen atoms in total. The monoisotopic (exact) mass is 213 g/mol. The summed E-state index contributed by atoms with van der Waals surface area (Å²) in [6, 6.07) is 4.06. The zero-order chi connectivity index (χ0) is 10.6. The van der Waals surface area contributed by atoms with Gasteiger partial charge < -0.3 is 10.2 Å². The van der Waals surface area contributed by atoms with E-state index < -0.39 is 0 Å². The van der Waals surface area contributed by atoms with Crippen LogP contribution in [0.2, 0.25) is 0 Å². The molecule has 1 atom stereocenters. The first-order valence-corrected chi connectivity index (χ1v) is 5.88. The van der Waals surface area contributed by atoms with Crippen molar-refractivity contribution in [2.45, 2.75) is 38.0 Å². The van der Waals surface area contributed by atoms with Gasteiger partial charge in [-0.15, -0.1) is 0 Å². The molecular formula is C11H19NOS. The van der Waals surface area contributed by atoms with Gasteiger partial charge in [-0.1, -0.05) is 20.8 Å². The summed E-state index contributed by atoms with van der Waals surface area (Å²) < 4.78 is 5.54. The number of hydrogen-bond donors (Lipinski definition) is 1. The van der Waals surface area contributed by atoms with Gasteiger partial charge in [0.2, 0.25) is 0 Å². The molecule has 3 heteroatoms. The fourth-order valence-corrected chi connectivity index (χ4v) is 1.94. The molecule has 0 bridgehead atoms. The second-order valence-electron chi connectivity index (χ2n) is 4.47. The Morgan fingerprint density at radius 2 is 2.21 bits per heavy atom. The summed E-state index contributed by atoms with van der Waals surface area (Å²) in [6.45, 7) is 6.62. The van der Waals surface area contributed by atoms with Crippen LogP contribution in [0.25, 0.3) is 0 Å². The quantitative estimate of drug-likeness (QED) is 0.835. The predicted octanol–water partition coefficient (Wildman–Crippen LogP) is 2.68. The molecule has 0 radical (unpaired) electrons. The maximum Gasteiger partial charge on any atom is 0.105 e. The molecule has 1 unspecified atom stereocenters. The standard InChI is InChI=1S/C11H19NOS/c1-11(2,3)14-8-9(12)7-10-5-4-6-13-10/h4-6,9H,7-8,12H2,1-3H3. The van der Waals surface area contributed by atoms with E-state index in [4.69, 9.17) is 10.2 Å². The average molecular weight is 213 g/mol. The lowest BCUT2D eigenvalue weighted by molar-refractivity contribution is 0.493. The first-order chi connectivity index (χ1) is 6.47. The maximum atomic E-state index is 5.99. The van der Waals surface area contributed by atoms with Crippen molar-refractivity contribution in [2.24, 2.45) is 5.73 Å². The Morgan fingerprint density at radius 3 is 2.71 bits per heavy atom. The zero-order valence-corrected chi connectivity index (χ0v) is 9.93. The summed E-state index contributed by atoms with van der Waals surface area (Å²) in [6.07, 6.45) is 2.52. The van der Waals surface area contributed by atoms with Gasteiger partial charge in [-0.05, 0) is 12.1 Å². The number of rotatable bonds is 4. The Labute approximate surface area is 90.2 Å². The largest absolute Gasteiger partial charge is 0.469 e. The first-order valence-electron chi connectivity index (χ1n) is 4.89. The summed E-state index contributed by atoms with van der Waals surface area (Å²) in [5.41, 5.74) is 5.99. The van der Waals surface area contributed by atoms with Crippen molar-refractivity contribution in [1.82, 2.24) is 0 Å². The molecule has 1 heterocycles. The molecule has 0 amide bonds. The fourth-order valence-electron chi connectivity index (χ4n) is 1.10. The van der Waals surface area contributed by atoms with Crippen LogP contribution in [-0.4, -0.2) is 16.5 Å². The van der Waals surface area contributed by atoms with Crippen LogP contribution >= 0.6 is 11.8 Å². The Balaban J connectivity index is 2.26. The lowest BCUT2D eigenvalue weighted by Gasteiger charge is -2.20. The minimum absolute atomic E-state index is 0.186. The normalized spacial score (nSPS) is 14.3. The predicted molar refractivity (Wildman–Crippen MR) is 62.6 cm³/mol. The third kappa shape index (κ3) is 4.72. The third-order valence-electron chi connectivity index (χ3n) is 1.77. The molecule has 0 aliphatic rings. The van der Waals surface area contributed by atoms with Crippen LogP contribution in [-0.2, 0) is 6.42 Å². The van der Waals surface area contributed by atoms with Crippen molar-refractivity contribution in [1.29, 1.82) is 0 Å². The average Bonchev–Trinajstić information content (AvgIpc) is 2.52. The number of furan rings is 1. The Kier molecular flexibility index (Phi) is 4.08. The Hall–Kier alpha value is -0.410. The number of nitrogens with two attached hydrogens (primary N) is 1. The highest BCUT2D eigenvalue weighted by Gasteiger charge is 2.14. The second-order valence-corrected chi connectivity index (χ2v) is 6.31. The van der Waals surface area contributed by atoms with Crippen LogP contribution in [0.15, 0.2) is 22.8 Å². The van der Waals surface area contributed by atoms with E-state index in [1.165, 1.54) is 0 Å². The van der Waals surface area contributed by atoms with Crippen molar-refractivity contribution in [3.05, 3.63) is 24.2 Å². The van der Waals surface area contributed by atoms with Gasteiger partial charge in [-0.25, -0.2) is 0 Å². The second kappa shape index (κ2) is 4.89. The molecule has 1 aromatic rings. The van der Waals surface area contributed by atoms with Crippen molar-refractivity contribution in [3.63, 3.8) is 0 Å². The molecule has 0 saturated carbocycles. The van der Waals surface area contributed by atoms with Crippen LogP contribution < -0.4 is 5.73 Å². The lowest BCUT2D eigenvalue weighted by Crippen LogP contribution is -2.27. The molecule has 0 aliphatic carbocycles.